The van der Waals surface area contributed by atoms with Gasteiger partial charge in [0.2, 0.25) is 0 Å². The van der Waals surface area contributed by atoms with Crippen LogP contribution in [-0.4, -0.2) is 26.5 Å². The second kappa shape index (κ2) is 4.65. The lowest BCUT2D eigenvalue weighted by molar-refractivity contribution is -0.274. The number of nitrogens with zero attached hydrogens (tertiary/aromatic N) is 3. The number of aliphatic hydroxyl groups is 1. The van der Waals surface area contributed by atoms with Gasteiger partial charge in [0.05, 0.1) is 18.5 Å². The Morgan fingerprint density at radius 3 is 2.39 bits per heavy atom. The van der Waals surface area contributed by atoms with Gasteiger partial charge in [-0.25, -0.2) is 4.68 Å². The third kappa shape index (κ3) is 2.98. The molecule has 0 unspecified atom stereocenters. The van der Waals surface area contributed by atoms with Crippen LogP contribution in [0.3, 0.4) is 0 Å². The van der Waals surface area contributed by atoms with Crippen LogP contribution in [0.25, 0.3) is 5.69 Å². The molecular formula is C10H8F3N3O2. The number of hydrogen-bond acceptors (Lipinski definition) is 4. The van der Waals surface area contributed by atoms with Gasteiger partial charge in [-0.1, -0.05) is 5.21 Å². The average Bonchev–Trinajstić information content (AvgIpc) is 2.76. The molecule has 0 amide bonds. The first-order valence-electron chi connectivity index (χ1n) is 4.86. The highest BCUT2D eigenvalue weighted by Crippen LogP contribution is 2.23. The van der Waals surface area contributed by atoms with E-state index < -0.39 is 6.36 Å². The highest BCUT2D eigenvalue weighted by Gasteiger charge is 2.30. The molecule has 18 heavy (non-hydrogen) atoms. The molecule has 0 aliphatic carbocycles. The summed E-state index contributed by atoms with van der Waals surface area (Å²) in [5, 5.41) is 16.2. The molecule has 0 saturated carbocycles. The van der Waals surface area contributed by atoms with Gasteiger partial charge in [-0.3, -0.25) is 0 Å². The maximum Gasteiger partial charge on any atom is 0.573 e. The molecule has 2 aromatic rings. The Kier molecular flexibility index (Phi) is 3.19. The van der Waals surface area contributed by atoms with Crippen molar-refractivity contribution in [2.24, 2.45) is 0 Å². The van der Waals surface area contributed by atoms with Crippen LogP contribution in [0.4, 0.5) is 13.2 Å². The van der Waals surface area contributed by atoms with Crippen LogP contribution in [0.1, 0.15) is 5.69 Å². The van der Waals surface area contributed by atoms with Crippen molar-refractivity contribution in [1.82, 2.24) is 15.0 Å². The topological polar surface area (TPSA) is 60.2 Å². The molecule has 0 spiro atoms. The molecule has 1 aromatic carbocycles. The quantitative estimate of drug-likeness (QED) is 0.910. The molecule has 5 nitrogen and oxygen atoms in total. The van der Waals surface area contributed by atoms with E-state index in [1.807, 2.05) is 0 Å². The van der Waals surface area contributed by atoms with Gasteiger partial charge >= 0.3 is 6.36 Å². The zero-order valence-corrected chi connectivity index (χ0v) is 8.92. The maximum absolute atomic E-state index is 11.9. The summed E-state index contributed by atoms with van der Waals surface area (Å²) >= 11 is 0. The summed E-state index contributed by atoms with van der Waals surface area (Å²) < 4.78 is 40.9. The Hall–Kier alpha value is -2.09. The predicted molar refractivity (Wildman–Crippen MR) is 54.0 cm³/mol. The highest BCUT2D eigenvalue weighted by atomic mass is 19.4. The van der Waals surface area contributed by atoms with Crippen LogP contribution >= 0.6 is 0 Å². The average molecular weight is 259 g/mol. The maximum atomic E-state index is 11.9. The minimum atomic E-state index is -4.71. The van der Waals surface area contributed by atoms with Crippen molar-refractivity contribution in [1.29, 1.82) is 0 Å². The molecule has 8 heteroatoms. The lowest BCUT2D eigenvalue weighted by atomic mass is 10.3. The second-order valence-corrected chi connectivity index (χ2v) is 3.35. The van der Waals surface area contributed by atoms with E-state index in [1.54, 1.807) is 0 Å². The number of ether oxygens (including phenoxy) is 1. The van der Waals surface area contributed by atoms with Crippen molar-refractivity contribution in [2.45, 2.75) is 13.0 Å². The molecule has 2 rings (SSSR count). The van der Waals surface area contributed by atoms with Crippen molar-refractivity contribution >= 4 is 0 Å². The Morgan fingerprint density at radius 2 is 1.89 bits per heavy atom. The van der Waals surface area contributed by atoms with Crippen LogP contribution in [0, 0.1) is 0 Å². The molecule has 0 aliphatic heterocycles. The van der Waals surface area contributed by atoms with E-state index in [0.29, 0.717) is 11.4 Å². The Bertz CT molecular complexity index is 522. The largest absolute Gasteiger partial charge is 0.573 e. The van der Waals surface area contributed by atoms with Crippen LogP contribution in [0.5, 0.6) is 5.75 Å². The highest BCUT2D eigenvalue weighted by molar-refractivity contribution is 5.36. The van der Waals surface area contributed by atoms with Crippen molar-refractivity contribution < 1.29 is 23.0 Å². The molecule has 1 N–H and O–H groups in total. The molecule has 1 aromatic heterocycles. The van der Waals surface area contributed by atoms with Crippen LogP contribution in [0.2, 0.25) is 0 Å². The van der Waals surface area contributed by atoms with E-state index in [2.05, 4.69) is 15.0 Å². The van der Waals surface area contributed by atoms with Crippen molar-refractivity contribution in [3.63, 3.8) is 0 Å². The van der Waals surface area contributed by atoms with Gasteiger partial charge in [0.25, 0.3) is 0 Å². The monoisotopic (exact) mass is 259 g/mol. The smallest absolute Gasteiger partial charge is 0.406 e. The molecule has 96 valence electrons. The summed E-state index contributed by atoms with van der Waals surface area (Å²) in [6.45, 7) is -0.255. The van der Waals surface area contributed by atoms with Gasteiger partial charge in [0.1, 0.15) is 11.4 Å². The Labute approximate surface area is 99.4 Å². The zero-order valence-electron chi connectivity index (χ0n) is 8.92. The van der Waals surface area contributed by atoms with E-state index in [4.69, 9.17) is 5.11 Å². The number of benzene rings is 1. The minimum Gasteiger partial charge on any atom is -0.406 e. The molecule has 1 heterocycles. The molecule has 0 atom stereocenters. The van der Waals surface area contributed by atoms with Gasteiger partial charge in [-0.2, -0.15) is 0 Å². The first-order valence-corrected chi connectivity index (χ1v) is 4.86. The lowest BCUT2D eigenvalue weighted by Crippen LogP contribution is -2.17. The van der Waals surface area contributed by atoms with E-state index in [0.717, 1.165) is 0 Å². The number of aromatic nitrogens is 3. The van der Waals surface area contributed by atoms with Gasteiger partial charge in [-0.05, 0) is 24.3 Å². The summed E-state index contributed by atoms with van der Waals surface area (Å²) in [5.74, 6) is -0.311. The van der Waals surface area contributed by atoms with E-state index in [1.165, 1.54) is 35.1 Å². The molecular weight excluding hydrogens is 251 g/mol. The second-order valence-electron chi connectivity index (χ2n) is 3.35. The number of aliphatic hydroxyl groups excluding tert-OH is 1. The molecule has 0 bridgehead atoms. The number of rotatable bonds is 3. The minimum absolute atomic E-state index is 0.255. The van der Waals surface area contributed by atoms with Crippen LogP contribution in [0.15, 0.2) is 30.5 Å². The third-order valence-electron chi connectivity index (χ3n) is 2.04. The van der Waals surface area contributed by atoms with Crippen molar-refractivity contribution in [3.05, 3.63) is 36.2 Å². The summed E-state index contributed by atoms with van der Waals surface area (Å²) in [7, 11) is 0. The first kappa shape index (κ1) is 12.4. The molecule has 0 saturated heterocycles. The van der Waals surface area contributed by atoms with Gasteiger partial charge in [0.15, 0.2) is 0 Å². The van der Waals surface area contributed by atoms with E-state index in [9.17, 15) is 13.2 Å². The Morgan fingerprint density at radius 1 is 1.22 bits per heavy atom. The first-order chi connectivity index (χ1) is 8.48. The summed E-state index contributed by atoms with van der Waals surface area (Å²) in [5.41, 5.74) is 0.877. The molecule has 0 radical (unpaired) electrons. The van der Waals surface area contributed by atoms with E-state index >= 15 is 0 Å². The SMILES string of the molecule is OCc1cn(-c2ccc(OC(F)(F)F)cc2)nn1. The Balaban J connectivity index is 2.17. The summed E-state index contributed by atoms with van der Waals surface area (Å²) in [4.78, 5) is 0. The lowest BCUT2D eigenvalue weighted by Gasteiger charge is -2.08. The zero-order chi connectivity index (χ0) is 13.2. The van der Waals surface area contributed by atoms with Gasteiger partial charge in [-0.15, -0.1) is 18.3 Å². The summed E-state index contributed by atoms with van der Waals surface area (Å²) in [6, 6.07) is 5.14. The third-order valence-corrected chi connectivity index (χ3v) is 2.04. The fourth-order valence-electron chi connectivity index (χ4n) is 1.30. The van der Waals surface area contributed by atoms with E-state index in [-0.39, 0.29) is 12.4 Å². The van der Waals surface area contributed by atoms with Crippen molar-refractivity contribution in [3.8, 4) is 11.4 Å². The van der Waals surface area contributed by atoms with Crippen LogP contribution < -0.4 is 4.74 Å². The van der Waals surface area contributed by atoms with Gasteiger partial charge < -0.3 is 9.84 Å². The fraction of sp³-hybridized carbons (Fsp3) is 0.200. The fourth-order valence-corrected chi connectivity index (χ4v) is 1.30. The van der Waals surface area contributed by atoms with Crippen LogP contribution in [-0.2, 0) is 6.61 Å². The van der Waals surface area contributed by atoms with Crippen molar-refractivity contribution in [2.75, 3.05) is 0 Å². The normalized spacial score (nSPS) is 11.6. The number of hydrogen-bond donors (Lipinski definition) is 1. The number of halogens is 3. The van der Waals surface area contributed by atoms with Gasteiger partial charge in [0, 0.05) is 0 Å². The summed E-state index contributed by atoms with van der Waals surface area (Å²) in [6.07, 6.45) is -3.24. The molecule has 0 fully saturated rings. The molecule has 0 aliphatic rings. The predicted octanol–water partition coefficient (Wildman–Crippen LogP) is 1.66. The number of alkyl halides is 3. The standard InChI is InChI=1S/C10H8F3N3O2/c11-10(12,13)18-9-3-1-8(2-4-9)16-5-7(6-17)14-15-16/h1-5,17H,6H2.